The van der Waals surface area contributed by atoms with Gasteiger partial charge in [0.2, 0.25) is 5.91 Å². The van der Waals surface area contributed by atoms with Gasteiger partial charge in [-0.05, 0) is 19.5 Å². The van der Waals surface area contributed by atoms with Gasteiger partial charge in [-0.1, -0.05) is 36.8 Å². The van der Waals surface area contributed by atoms with Crippen molar-refractivity contribution in [3.05, 3.63) is 52.3 Å². The van der Waals surface area contributed by atoms with Crippen molar-refractivity contribution >= 4 is 5.91 Å². The van der Waals surface area contributed by atoms with E-state index in [1.807, 2.05) is 36.1 Å². The summed E-state index contributed by atoms with van der Waals surface area (Å²) in [4.78, 5) is 28.8. The van der Waals surface area contributed by atoms with Crippen molar-refractivity contribution in [2.75, 3.05) is 32.7 Å². The van der Waals surface area contributed by atoms with E-state index in [1.165, 1.54) is 16.3 Å². The lowest BCUT2D eigenvalue weighted by molar-refractivity contribution is -0.133. The van der Waals surface area contributed by atoms with E-state index in [1.54, 1.807) is 6.07 Å². The number of rotatable bonds is 5. The summed E-state index contributed by atoms with van der Waals surface area (Å²) in [6.45, 7) is 8.86. The van der Waals surface area contributed by atoms with Crippen molar-refractivity contribution in [1.29, 1.82) is 0 Å². The fourth-order valence-electron chi connectivity index (χ4n) is 3.16. The number of piperazine rings is 1. The number of hydrogen-bond donors (Lipinski definition) is 0. The minimum atomic E-state index is -0.176. The first-order valence-corrected chi connectivity index (χ1v) is 9.22. The highest BCUT2D eigenvalue weighted by Gasteiger charge is 2.20. The summed E-state index contributed by atoms with van der Waals surface area (Å²) in [5.74, 6) is 0.0928. The zero-order valence-corrected chi connectivity index (χ0v) is 15.5. The van der Waals surface area contributed by atoms with Crippen LogP contribution in [-0.4, -0.2) is 58.2 Å². The molecular weight excluding hydrogens is 328 g/mol. The highest BCUT2D eigenvalue weighted by molar-refractivity contribution is 5.76. The smallest absolute Gasteiger partial charge is 0.266 e. The van der Waals surface area contributed by atoms with Gasteiger partial charge in [0, 0.05) is 44.2 Å². The number of carbonyl (C=O) groups is 1. The highest BCUT2D eigenvalue weighted by Crippen LogP contribution is 2.16. The van der Waals surface area contributed by atoms with Crippen molar-refractivity contribution in [3.63, 3.8) is 0 Å². The van der Waals surface area contributed by atoms with Gasteiger partial charge < -0.3 is 9.80 Å². The minimum Gasteiger partial charge on any atom is -0.340 e. The van der Waals surface area contributed by atoms with E-state index in [9.17, 15) is 9.59 Å². The third-order valence-corrected chi connectivity index (χ3v) is 4.92. The van der Waals surface area contributed by atoms with Crippen LogP contribution in [-0.2, 0) is 11.3 Å². The second-order valence-corrected chi connectivity index (χ2v) is 6.71. The molecule has 0 spiro atoms. The molecule has 1 aliphatic heterocycles. The van der Waals surface area contributed by atoms with Gasteiger partial charge in [0.15, 0.2) is 0 Å². The maximum absolute atomic E-state index is 12.4. The Morgan fingerprint density at radius 3 is 2.38 bits per heavy atom. The Morgan fingerprint density at radius 1 is 1.04 bits per heavy atom. The molecule has 26 heavy (non-hydrogen) atoms. The number of likely N-dealkylation sites (N-methyl/N-ethyl adjacent to an activating group) is 1. The van der Waals surface area contributed by atoms with Gasteiger partial charge in [0.1, 0.15) is 0 Å². The number of benzene rings is 1. The molecule has 1 saturated heterocycles. The molecule has 1 aromatic heterocycles. The van der Waals surface area contributed by atoms with E-state index in [0.29, 0.717) is 13.0 Å². The van der Waals surface area contributed by atoms with E-state index in [0.717, 1.165) is 44.0 Å². The molecule has 2 heterocycles. The summed E-state index contributed by atoms with van der Waals surface area (Å²) in [7, 11) is 0. The Kier molecular flexibility index (Phi) is 5.83. The molecule has 3 rings (SSSR count). The fraction of sp³-hybridized carbons (Fsp3) is 0.450. The van der Waals surface area contributed by atoms with E-state index >= 15 is 0 Å². The van der Waals surface area contributed by atoms with E-state index in [2.05, 4.69) is 16.9 Å². The van der Waals surface area contributed by atoms with Crippen molar-refractivity contribution in [2.24, 2.45) is 0 Å². The SMILES string of the molecule is CCN1CCN(C(=O)CCn2nc(-c3ccc(C)cc3)ccc2=O)CC1. The molecule has 1 aromatic carbocycles. The number of carbonyl (C=O) groups excluding carboxylic acids is 1. The van der Waals surface area contributed by atoms with Gasteiger partial charge in [-0.15, -0.1) is 0 Å². The Balaban J connectivity index is 1.64. The summed E-state index contributed by atoms with van der Waals surface area (Å²) in [6.07, 6.45) is 0.302. The molecule has 2 aromatic rings. The Labute approximate surface area is 154 Å². The maximum Gasteiger partial charge on any atom is 0.266 e. The predicted octanol–water partition coefficient (Wildman–Crippen LogP) is 1.77. The highest BCUT2D eigenvalue weighted by atomic mass is 16.2. The Bertz CT molecular complexity index is 805. The van der Waals surface area contributed by atoms with Crippen LogP contribution in [0.25, 0.3) is 11.3 Å². The second-order valence-electron chi connectivity index (χ2n) is 6.71. The number of aromatic nitrogens is 2. The average molecular weight is 354 g/mol. The lowest BCUT2D eigenvalue weighted by Crippen LogP contribution is -2.48. The molecule has 0 aliphatic carbocycles. The molecule has 6 heteroatoms. The molecule has 0 saturated carbocycles. The zero-order chi connectivity index (χ0) is 18.5. The van der Waals surface area contributed by atoms with Crippen molar-refractivity contribution in [3.8, 4) is 11.3 Å². The monoisotopic (exact) mass is 354 g/mol. The van der Waals surface area contributed by atoms with E-state index in [-0.39, 0.29) is 11.5 Å². The first kappa shape index (κ1) is 18.3. The van der Waals surface area contributed by atoms with Crippen LogP contribution in [0.3, 0.4) is 0 Å². The van der Waals surface area contributed by atoms with E-state index < -0.39 is 0 Å². The molecule has 0 N–H and O–H groups in total. The quantitative estimate of drug-likeness (QED) is 0.821. The first-order chi connectivity index (χ1) is 12.6. The third kappa shape index (κ3) is 4.38. The average Bonchev–Trinajstić information content (AvgIpc) is 2.68. The van der Waals surface area contributed by atoms with Gasteiger partial charge >= 0.3 is 0 Å². The molecule has 0 atom stereocenters. The van der Waals surface area contributed by atoms with Crippen LogP contribution in [0.4, 0.5) is 0 Å². The largest absolute Gasteiger partial charge is 0.340 e. The van der Waals surface area contributed by atoms with Crippen molar-refractivity contribution < 1.29 is 4.79 Å². The lowest BCUT2D eigenvalue weighted by Gasteiger charge is -2.34. The Hall–Kier alpha value is -2.47. The summed E-state index contributed by atoms with van der Waals surface area (Å²) < 4.78 is 1.40. The second kappa shape index (κ2) is 8.27. The number of aryl methyl sites for hydroxylation is 2. The van der Waals surface area contributed by atoms with Crippen LogP contribution in [0.1, 0.15) is 18.9 Å². The van der Waals surface area contributed by atoms with Crippen LogP contribution in [0.2, 0.25) is 0 Å². The van der Waals surface area contributed by atoms with Crippen molar-refractivity contribution in [2.45, 2.75) is 26.8 Å². The Morgan fingerprint density at radius 2 is 1.73 bits per heavy atom. The summed E-state index contributed by atoms with van der Waals surface area (Å²) in [5.41, 5.74) is 2.71. The summed E-state index contributed by atoms with van der Waals surface area (Å²) in [5, 5.41) is 4.44. The molecule has 0 radical (unpaired) electrons. The first-order valence-electron chi connectivity index (χ1n) is 9.22. The van der Waals surface area contributed by atoms with Gasteiger partial charge in [-0.2, -0.15) is 5.10 Å². The standard InChI is InChI=1S/C20H26N4O2/c1-3-22-12-14-23(15-13-22)19(25)10-11-24-20(26)9-8-18(21-24)17-6-4-16(2)5-7-17/h4-9H,3,10-15H2,1-2H3. The zero-order valence-electron chi connectivity index (χ0n) is 15.5. The van der Waals surface area contributed by atoms with Crippen LogP contribution >= 0.6 is 0 Å². The predicted molar refractivity (Wildman–Crippen MR) is 102 cm³/mol. The van der Waals surface area contributed by atoms with Crippen LogP contribution in [0.15, 0.2) is 41.2 Å². The molecule has 138 valence electrons. The maximum atomic E-state index is 12.4. The van der Waals surface area contributed by atoms with Crippen LogP contribution < -0.4 is 5.56 Å². The fourth-order valence-corrected chi connectivity index (χ4v) is 3.16. The van der Waals surface area contributed by atoms with Gasteiger partial charge in [0.25, 0.3) is 5.56 Å². The number of amides is 1. The normalized spacial score (nSPS) is 15.2. The van der Waals surface area contributed by atoms with Crippen LogP contribution in [0, 0.1) is 6.92 Å². The number of hydrogen-bond acceptors (Lipinski definition) is 4. The van der Waals surface area contributed by atoms with E-state index in [4.69, 9.17) is 0 Å². The summed E-state index contributed by atoms with van der Waals surface area (Å²) >= 11 is 0. The molecule has 1 amide bonds. The topological polar surface area (TPSA) is 58.4 Å². The van der Waals surface area contributed by atoms with Gasteiger partial charge in [-0.25, -0.2) is 4.68 Å². The number of nitrogens with zero attached hydrogens (tertiary/aromatic N) is 4. The molecule has 0 bridgehead atoms. The van der Waals surface area contributed by atoms with Gasteiger partial charge in [0.05, 0.1) is 12.2 Å². The molecule has 0 unspecified atom stereocenters. The van der Waals surface area contributed by atoms with Gasteiger partial charge in [-0.3, -0.25) is 9.59 Å². The van der Waals surface area contributed by atoms with Crippen LogP contribution in [0.5, 0.6) is 0 Å². The summed E-state index contributed by atoms with van der Waals surface area (Å²) in [6, 6.07) is 11.3. The third-order valence-electron chi connectivity index (χ3n) is 4.92. The molecule has 1 aliphatic rings. The molecular formula is C20H26N4O2. The molecule has 1 fully saturated rings. The lowest BCUT2D eigenvalue weighted by atomic mass is 10.1. The van der Waals surface area contributed by atoms with Crippen molar-refractivity contribution in [1.82, 2.24) is 19.6 Å². The molecule has 6 nitrogen and oxygen atoms in total. The minimum absolute atomic E-state index is 0.0928.